The van der Waals surface area contributed by atoms with Crippen molar-refractivity contribution in [3.05, 3.63) is 40.4 Å². The van der Waals surface area contributed by atoms with E-state index in [9.17, 15) is 4.79 Å². The van der Waals surface area contributed by atoms with Gasteiger partial charge < -0.3 is 9.64 Å². The summed E-state index contributed by atoms with van der Waals surface area (Å²) in [6, 6.07) is 1.77. The van der Waals surface area contributed by atoms with Crippen LogP contribution in [-0.4, -0.2) is 44.8 Å². The summed E-state index contributed by atoms with van der Waals surface area (Å²) >= 11 is 6.08. The van der Waals surface area contributed by atoms with E-state index in [1.807, 2.05) is 25.8 Å². The third kappa shape index (κ3) is 3.24. The molecule has 1 amide bonds. The van der Waals surface area contributed by atoms with Gasteiger partial charge in [-0.1, -0.05) is 11.6 Å². The van der Waals surface area contributed by atoms with Gasteiger partial charge in [-0.05, 0) is 13.8 Å². The molecule has 2 aromatic heterocycles. The van der Waals surface area contributed by atoms with Crippen molar-refractivity contribution in [2.45, 2.75) is 32.8 Å². The minimum atomic E-state index is 0.0542. The lowest BCUT2D eigenvalue weighted by atomic mass is 10.1. The molecule has 3 rings (SSSR count). The van der Waals surface area contributed by atoms with E-state index in [-0.39, 0.29) is 12.0 Å². The molecule has 6 nitrogen and oxygen atoms in total. The summed E-state index contributed by atoms with van der Waals surface area (Å²) < 4.78 is 7.70. The van der Waals surface area contributed by atoms with E-state index in [1.165, 1.54) is 0 Å². The third-order valence-corrected chi connectivity index (χ3v) is 4.76. The van der Waals surface area contributed by atoms with Crippen LogP contribution in [0.1, 0.15) is 34.6 Å². The van der Waals surface area contributed by atoms with Gasteiger partial charge in [0.05, 0.1) is 11.3 Å². The number of carbonyl (C=O) groups is 1. The molecule has 0 N–H and O–H groups in total. The fourth-order valence-corrected chi connectivity index (χ4v) is 3.22. The number of likely N-dealkylation sites (tertiary alicyclic amines) is 1. The fraction of sp³-hybridized carbons (Fsp3) is 0.471. The first-order valence-electron chi connectivity index (χ1n) is 8.03. The Bertz CT molecular complexity index is 751. The number of hydrogen-bond acceptors (Lipinski definition) is 4. The molecule has 0 aromatic carbocycles. The molecule has 0 spiro atoms. The highest BCUT2D eigenvalue weighted by molar-refractivity contribution is 6.31. The summed E-state index contributed by atoms with van der Waals surface area (Å²) in [6.07, 6.45) is 4.85. The number of carbonyl (C=O) groups excluding carboxylic acids is 1. The molecule has 3 heterocycles. The van der Waals surface area contributed by atoms with Crippen molar-refractivity contribution in [2.24, 2.45) is 7.05 Å². The molecule has 1 saturated heterocycles. The molecule has 0 atom stereocenters. The van der Waals surface area contributed by atoms with E-state index in [4.69, 9.17) is 16.3 Å². The molecule has 0 radical (unpaired) electrons. The molecule has 1 aliphatic rings. The monoisotopic (exact) mass is 348 g/mol. The zero-order chi connectivity index (χ0) is 17.3. The van der Waals surface area contributed by atoms with Gasteiger partial charge in [0.1, 0.15) is 16.9 Å². The van der Waals surface area contributed by atoms with Crippen LogP contribution in [0.4, 0.5) is 0 Å². The molecule has 1 fully saturated rings. The summed E-state index contributed by atoms with van der Waals surface area (Å²) in [7, 11) is 1.86. The lowest BCUT2D eigenvalue weighted by Crippen LogP contribution is -2.42. The average molecular weight is 349 g/mol. The van der Waals surface area contributed by atoms with Crippen LogP contribution in [0, 0.1) is 13.8 Å². The standard InChI is InChI=1S/C17H21ClN4O2/c1-11-16(12(2)21(3)20-11)17(23)22-8-5-13(6-9-22)24-15-4-7-19-10-14(15)18/h4,7,10,13H,5-6,8-9H2,1-3H3. The summed E-state index contributed by atoms with van der Waals surface area (Å²) in [4.78, 5) is 18.6. The Morgan fingerprint density at radius 1 is 1.33 bits per heavy atom. The molecular formula is C17H21ClN4O2. The molecule has 24 heavy (non-hydrogen) atoms. The molecule has 0 aliphatic carbocycles. The van der Waals surface area contributed by atoms with Crippen LogP contribution >= 0.6 is 11.6 Å². The van der Waals surface area contributed by atoms with Gasteiger partial charge >= 0.3 is 0 Å². The van der Waals surface area contributed by atoms with Crippen LogP contribution in [0.2, 0.25) is 5.02 Å². The number of rotatable bonds is 3. The van der Waals surface area contributed by atoms with Gasteiger partial charge in [-0.15, -0.1) is 0 Å². The zero-order valence-electron chi connectivity index (χ0n) is 14.1. The number of hydrogen-bond donors (Lipinski definition) is 0. The summed E-state index contributed by atoms with van der Waals surface area (Å²) in [5.74, 6) is 0.703. The second kappa shape index (κ2) is 6.81. The van der Waals surface area contributed by atoms with Crippen LogP contribution in [0.25, 0.3) is 0 Å². The Morgan fingerprint density at radius 3 is 2.62 bits per heavy atom. The van der Waals surface area contributed by atoms with Crippen molar-refractivity contribution in [3.8, 4) is 5.75 Å². The minimum Gasteiger partial charge on any atom is -0.489 e. The number of halogens is 1. The van der Waals surface area contributed by atoms with Crippen molar-refractivity contribution >= 4 is 17.5 Å². The van der Waals surface area contributed by atoms with Gasteiger partial charge in [-0.25, -0.2) is 0 Å². The van der Waals surface area contributed by atoms with Gasteiger partial charge in [0.25, 0.3) is 5.91 Å². The largest absolute Gasteiger partial charge is 0.489 e. The predicted molar refractivity (Wildman–Crippen MR) is 91.5 cm³/mol. The van der Waals surface area contributed by atoms with Crippen LogP contribution in [-0.2, 0) is 7.05 Å². The van der Waals surface area contributed by atoms with Crippen molar-refractivity contribution in [1.29, 1.82) is 0 Å². The van der Waals surface area contributed by atoms with Crippen molar-refractivity contribution in [2.75, 3.05) is 13.1 Å². The van der Waals surface area contributed by atoms with Gasteiger partial charge in [0.15, 0.2) is 0 Å². The Hall–Kier alpha value is -2.08. The number of aromatic nitrogens is 3. The third-order valence-electron chi connectivity index (χ3n) is 4.48. The number of amides is 1. The summed E-state index contributed by atoms with van der Waals surface area (Å²) in [5, 5.41) is 4.84. The highest BCUT2D eigenvalue weighted by Gasteiger charge is 2.28. The Morgan fingerprint density at radius 2 is 2.04 bits per heavy atom. The quantitative estimate of drug-likeness (QED) is 0.855. The first-order valence-corrected chi connectivity index (χ1v) is 8.40. The van der Waals surface area contributed by atoms with Crippen LogP contribution in [0.5, 0.6) is 5.75 Å². The first kappa shape index (κ1) is 16.8. The topological polar surface area (TPSA) is 60.2 Å². The van der Waals surface area contributed by atoms with E-state index in [0.717, 1.165) is 24.2 Å². The van der Waals surface area contributed by atoms with Gasteiger partial charge in [0.2, 0.25) is 0 Å². The normalized spacial score (nSPS) is 15.6. The molecular weight excluding hydrogens is 328 g/mol. The highest BCUT2D eigenvalue weighted by Crippen LogP contribution is 2.26. The Balaban J connectivity index is 1.63. The SMILES string of the molecule is Cc1nn(C)c(C)c1C(=O)N1CCC(Oc2ccncc2Cl)CC1. The van der Waals surface area contributed by atoms with Crippen molar-refractivity contribution in [3.63, 3.8) is 0 Å². The van der Waals surface area contributed by atoms with E-state index >= 15 is 0 Å². The number of aryl methyl sites for hydroxylation is 2. The van der Waals surface area contributed by atoms with E-state index in [1.54, 1.807) is 23.1 Å². The van der Waals surface area contributed by atoms with E-state index in [2.05, 4.69) is 10.1 Å². The number of pyridine rings is 1. The molecule has 2 aromatic rings. The van der Waals surface area contributed by atoms with Crippen molar-refractivity contribution in [1.82, 2.24) is 19.7 Å². The molecule has 0 saturated carbocycles. The minimum absolute atomic E-state index is 0.0542. The average Bonchev–Trinajstić information content (AvgIpc) is 2.82. The van der Waals surface area contributed by atoms with Crippen LogP contribution in [0.3, 0.4) is 0 Å². The number of ether oxygens (including phenoxy) is 1. The number of piperidine rings is 1. The lowest BCUT2D eigenvalue weighted by molar-refractivity contribution is 0.0594. The molecule has 0 unspecified atom stereocenters. The maximum atomic E-state index is 12.8. The lowest BCUT2D eigenvalue weighted by Gasteiger charge is -2.32. The van der Waals surface area contributed by atoms with E-state index in [0.29, 0.717) is 29.4 Å². The first-order chi connectivity index (χ1) is 11.5. The maximum absolute atomic E-state index is 12.8. The zero-order valence-corrected chi connectivity index (χ0v) is 14.9. The van der Waals surface area contributed by atoms with Gasteiger partial charge in [0, 0.05) is 57.1 Å². The Labute approximate surface area is 146 Å². The van der Waals surface area contributed by atoms with Gasteiger partial charge in [-0.2, -0.15) is 5.10 Å². The fourth-order valence-electron chi connectivity index (χ4n) is 3.06. The smallest absolute Gasteiger partial charge is 0.257 e. The molecule has 1 aliphatic heterocycles. The van der Waals surface area contributed by atoms with Crippen molar-refractivity contribution < 1.29 is 9.53 Å². The van der Waals surface area contributed by atoms with Crippen LogP contribution < -0.4 is 4.74 Å². The highest BCUT2D eigenvalue weighted by atomic mass is 35.5. The second-order valence-electron chi connectivity index (χ2n) is 6.08. The van der Waals surface area contributed by atoms with E-state index < -0.39 is 0 Å². The van der Waals surface area contributed by atoms with Crippen LogP contribution in [0.15, 0.2) is 18.5 Å². The molecule has 0 bridgehead atoms. The number of nitrogens with zero attached hydrogens (tertiary/aromatic N) is 4. The Kier molecular flexibility index (Phi) is 4.76. The second-order valence-corrected chi connectivity index (χ2v) is 6.49. The molecule has 128 valence electrons. The maximum Gasteiger partial charge on any atom is 0.257 e. The predicted octanol–water partition coefficient (Wildman–Crippen LogP) is 2.77. The summed E-state index contributed by atoms with van der Waals surface area (Å²) in [6.45, 7) is 5.13. The van der Waals surface area contributed by atoms with Gasteiger partial charge in [-0.3, -0.25) is 14.5 Å². The molecule has 7 heteroatoms. The summed E-state index contributed by atoms with van der Waals surface area (Å²) in [5.41, 5.74) is 2.40.